The summed E-state index contributed by atoms with van der Waals surface area (Å²) >= 11 is 0. The number of anilines is 1. The Kier molecular flexibility index (Phi) is 6.23. The van der Waals surface area contributed by atoms with E-state index in [1.54, 1.807) is 11.8 Å². The zero-order valence-electron chi connectivity index (χ0n) is 15.6. The van der Waals surface area contributed by atoms with Crippen LogP contribution in [0, 0.1) is 5.92 Å². The minimum atomic E-state index is -0.205. The van der Waals surface area contributed by atoms with Crippen molar-refractivity contribution in [3.05, 3.63) is 40.7 Å². The smallest absolute Gasteiger partial charge is 0.252 e. The quantitative estimate of drug-likeness (QED) is 0.649. The van der Waals surface area contributed by atoms with Gasteiger partial charge in [-0.1, -0.05) is 0 Å². The molecule has 9 nitrogen and oxygen atoms in total. The lowest BCUT2D eigenvalue weighted by atomic mass is 9.83. The van der Waals surface area contributed by atoms with Crippen LogP contribution in [0.4, 0.5) is 5.82 Å². The van der Waals surface area contributed by atoms with Gasteiger partial charge >= 0.3 is 0 Å². The van der Waals surface area contributed by atoms with Crippen LogP contribution in [0.2, 0.25) is 0 Å². The highest BCUT2D eigenvalue weighted by Crippen LogP contribution is 2.28. The van der Waals surface area contributed by atoms with Crippen molar-refractivity contribution in [3.8, 4) is 0 Å². The van der Waals surface area contributed by atoms with Crippen molar-refractivity contribution in [3.63, 3.8) is 0 Å². The molecule has 3 N–H and O–H groups in total. The van der Waals surface area contributed by atoms with Crippen molar-refractivity contribution in [1.82, 2.24) is 25.1 Å². The van der Waals surface area contributed by atoms with E-state index in [0.29, 0.717) is 18.8 Å². The standard InChI is InChI=1S/C18H26N6O3/c1-24-10-12(9-22-24)5-6-19-18(26)13-3-4-14(15(7-13)27-2)23-16-8-17(25)21-11-20-16/h8-11,13-15H,3-7H2,1-2H3,(H,19,26)(H2,20,21,23,25)/t13-,14+,15+/m0/s1. The van der Waals surface area contributed by atoms with Crippen molar-refractivity contribution in [1.29, 1.82) is 0 Å². The van der Waals surface area contributed by atoms with E-state index in [4.69, 9.17) is 4.74 Å². The lowest BCUT2D eigenvalue weighted by molar-refractivity contribution is -0.127. The molecule has 1 saturated carbocycles. The van der Waals surface area contributed by atoms with Crippen LogP contribution in [0.15, 0.2) is 29.6 Å². The third kappa shape index (κ3) is 5.16. The molecule has 9 heteroatoms. The van der Waals surface area contributed by atoms with Gasteiger partial charge in [0.2, 0.25) is 5.91 Å². The average molecular weight is 374 g/mol. The zero-order chi connectivity index (χ0) is 19.2. The Morgan fingerprint density at radius 3 is 3.00 bits per heavy atom. The normalized spacial score (nSPS) is 22.4. The average Bonchev–Trinajstić information content (AvgIpc) is 3.07. The number of H-pyrrole nitrogens is 1. The topological polar surface area (TPSA) is 114 Å². The first-order valence-corrected chi connectivity index (χ1v) is 9.14. The van der Waals surface area contributed by atoms with Crippen molar-refractivity contribution in [2.24, 2.45) is 13.0 Å². The van der Waals surface area contributed by atoms with Gasteiger partial charge in [-0.05, 0) is 31.2 Å². The number of aromatic nitrogens is 4. The van der Waals surface area contributed by atoms with Crippen LogP contribution in [-0.4, -0.2) is 51.5 Å². The lowest BCUT2D eigenvalue weighted by Crippen LogP contribution is -2.45. The van der Waals surface area contributed by atoms with Crippen molar-refractivity contribution in [2.45, 2.75) is 37.8 Å². The fourth-order valence-corrected chi connectivity index (χ4v) is 3.51. The van der Waals surface area contributed by atoms with Gasteiger partial charge in [0.05, 0.1) is 24.7 Å². The van der Waals surface area contributed by atoms with E-state index in [0.717, 1.165) is 24.8 Å². The Labute approximate surface area is 157 Å². The Hall–Kier alpha value is -2.68. The molecule has 0 spiro atoms. The van der Waals surface area contributed by atoms with Gasteiger partial charge in [0.15, 0.2) is 0 Å². The van der Waals surface area contributed by atoms with Crippen LogP contribution in [0.5, 0.6) is 0 Å². The number of amides is 1. The number of hydrogen-bond donors (Lipinski definition) is 3. The molecule has 27 heavy (non-hydrogen) atoms. The number of aromatic amines is 1. The largest absolute Gasteiger partial charge is 0.379 e. The summed E-state index contributed by atoms with van der Waals surface area (Å²) in [5.41, 5.74) is 0.897. The van der Waals surface area contributed by atoms with E-state index in [2.05, 4.69) is 25.7 Å². The van der Waals surface area contributed by atoms with Crippen molar-refractivity contribution < 1.29 is 9.53 Å². The number of aryl methyl sites for hydroxylation is 1. The Bertz CT molecular complexity index is 817. The molecule has 2 aromatic rings. The van der Waals surface area contributed by atoms with Crippen LogP contribution < -0.4 is 16.2 Å². The van der Waals surface area contributed by atoms with Crippen LogP contribution in [-0.2, 0) is 23.0 Å². The van der Waals surface area contributed by atoms with Gasteiger partial charge < -0.3 is 20.4 Å². The third-order valence-corrected chi connectivity index (χ3v) is 4.95. The summed E-state index contributed by atoms with van der Waals surface area (Å²) in [5, 5.41) is 10.4. The SMILES string of the molecule is CO[C@@H]1C[C@@H](C(=O)NCCc2cnn(C)c2)CC[C@H]1Nc1cc(=O)[nH]cn1. The Morgan fingerprint density at radius 1 is 1.44 bits per heavy atom. The predicted octanol–water partition coefficient (Wildman–Crippen LogP) is 0.458. The number of methoxy groups -OCH3 is 1. The monoisotopic (exact) mass is 374 g/mol. The van der Waals surface area contributed by atoms with Crippen LogP contribution >= 0.6 is 0 Å². The maximum Gasteiger partial charge on any atom is 0.252 e. The van der Waals surface area contributed by atoms with E-state index in [1.807, 2.05) is 19.4 Å². The zero-order valence-corrected chi connectivity index (χ0v) is 15.6. The third-order valence-electron chi connectivity index (χ3n) is 4.95. The second-order valence-corrected chi connectivity index (χ2v) is 6.89. The summed E-state index contributed by atoms with van der Waals surface area (Å²) in [5.74, 6) is 0.507. The number of rotatable bonds is 7. The van der Waals surface area contributed by atoms with Gasteiger partial charge in [-0.25, -0.2) is 4.98 Å². The molecule has 3 atom stereocenters. The van der Waals surface area contributed by atoms with Gasteiger partial charge in [-0.2, -0.15) is 5.10 Å². The number of carbonyl (C=O) groups excluding carboxylic acids is 1. The molecular weight excluding hydrogens is 348 g/mol. The molecule has 0 unspecified atom stereocenters. The summed E-state index contributed by atoms with van der Waals surface area (Å²) < 4.78 is 7.35. The summed E-state index contributed by atoms with van der Waals surface area (Å²) in [4.78, 5) is 30.5. The summed E-state index contributed by atoms with van der Waals surface area (Å²) in [6.45, 7) is 0.594. The van der Waals surface area contributed by atoms with Crippen LogP contribution in [0.3, 0.4) is 0 Å². The van der Waals surface area contributed by atoms with Crippen molar-refractivity contribution >= 4 is 11.7 Å². The molecule has 3 rings (SSSR count). The first-order valence-electron chi connectivity index (χ1n) is 9.14. The number of hydrogen-bond acceptors (Lipinski definition) is 6. The van der Waals surface area contributed by atoms with Gasteiger partial charge in [0.25, 0.3) is 5.56 Å². The van der Waals surface area contributed by atoms with E-state index in [-0.39, 0.29) is 29.5 Å². The molecular formula is C18H26N6O3. The van der Waals surface area contributed by atoms with E-state index in [9.17, 15) is 9.59 Å². The highest BCUT2D eigenvalue weighted by molar-refractivity contribution is 5.78. The maximum absolute atomic E-state index is 12.5. The fraction of sp³-hybridized carbons (Fsp3) is 0.556. The molecule has 0 bridgehead atoms. The van der Waals surface area contributed by atoms with Crippen LogP contribution in [0.25, 0.3) is 0 Å². The first-order chi connectivity index (χ1) is 13.0. The van der Waals surface area contributed by atoms with E-state index < -0.39 is 0 Å². The molecule has 1 aliphatic carbocycles. The number of nitrogens with one attached hydrogen (secondary N) is 3. The molecule has 1 aliphatic rings. The minimum absolute atomic E-state index is 0.0174. The first kappa shape index (κ1) is 19.1. The molecule has 146 valence electrons. The molecule has 1 amide bonds. The summed E-state index contributed by atoms with van der Waals surface area (Å²) in [7, 11) is 3.52. The van der Waals surface area contributed by atoms with Gasteiger partial charge in [0.1, 0.15) is 5.82 Å². The van der Waals surface area contributed by atoms with Gasteiger partial charge in [-0.15, -0.1) is 0 Å². The molecule has 2 aromatic heterocycles. The van der Waals surface area contributed by atoms with Crippen molar-refractivity contribution in [2.75, 3.05) is 19.0 Å². The second kappa shape index (κ2) is 8.81. The number of nitrogens with zero attached hydrogens (tertiary/aromatic N) is 3. The number of carbonyl (C=O) groups is 1. The fourth-order valence-electron chi connectivity index (χ4n) is 3.51. The number of ether oxygens (including phenoxy) is 1. The van der Waals surface area contributed by atoms with Crippen LogP contribution in [0.1, 0.15) is 24.8 Å². The van der Waals surface area contributed by atoms with E-state index in [1.165, 1.54) is 12.4 Å². The van der Waals surface area contributed by atoms with Gasteiger partial charge in [-0.3, -0.25) is 14.3 Å². The lowest BCUT2D eigenvalue weighted by Gasteiger charge is -2.35. The highest BCUT2D eigenvalue weighted by atomic mass is 16.5. The molecule has 0 radical (unpaired) electrons. The minimum Gasteiger partial charge on any atom is -0.379 e. The van der Waals surface area contributed by atoms with Gasteiger partial charge in [0, 0.05) is 38.9 Å². The Morgan fingerprint density at radius 2 is 2.30 bits per heavy atom. The molecule has 0 saturated heterocycles. The molecule has 2 heterocycles. The Balaban J connectivity index is 1.49. The molecule has 0 aromatic carbocycles. The predicted molar refractivity (Wildman–Crippen MR) is 100 cm³/mol. The summed E-state index contributed by atoms with van der Waals surface area (Å²) in [6, 6.07) is 1.44. The molecule has 1 fully saturated rings. The highest BCUT2D eigenvalue weighted by Gasteiger charge is 2.34. The second-order valence-electron chi connectivity index (χ2n) is 6.89. The van der Waals surface area contributed by atoms with E-state index >= 15 is 0 Å². The molecule has 0 aliphatic heterocycles. The maximum atomic E-state index is 12.5. The summed E-state index contributed by atoms with van der Waals surface area (Å²) in [6.07, 6.45) is 7.95.